The van der Waals surface area contributed by atoms with E-state index in [0.29, 0.717) is 22.9 Å². The first-order chi connectivity index (χ1) is 12.8. The minimum absolute atomic E-state index is 0.432. The summed E-state index contributed by atoms with van der Waals surface area (Å²) in [5, 5.41) is 17.0. The van der Waals surface area contributed by atoms with Crippen molar-refractivity contribution in [3.05, 3.63) is 66.5 Å². The molecule has 4 aromatic rings. The summed E-state index contributed by atoms with van der Waals surface area (Å²) in [6.07, 6.45) is 3.36. The number of nitrogens with one attached hydrogen (secondary N) is 1. The third kappa shape index (κ3) is 2.80. The molecule has 0 aliphatic carbocycles. The minimum Gasteiger partial charge on any atom is -0.497 e. The molecule has 0 aliphatic rings. The van der Waals surface area contributed by atoms with E-state index in [0.717, 1.165) is 17.0 Å². The molecule has 0 spiro atoms. The lowest BCUT2D eigenvalue weighted by Crippen LogP contribution is -1.95. The van der Waals surface area contributed by atoms with Crippen molar-refractivity contribution in [3.63, 3.8) is 0 Å². The molecule has 1 N–H and O–H groups in total. The van der Waals surface area contributed by atoms with Crippen LogP contribution in [0.4, 0.5) is 11.6 Å². The highest BCUT2D eigenvalue weighted by molar-refractivity contribution is 5.78. The van der Waals surface area contributed by atoms with Crippen LogP contribution in [0.15, 0.2) is 60.9 Å². The monoisotopic (exact) mass is 342 g/mol. The summed E-state index contributed by atoms with van der Waals surface area (Å²) < 4.78 is 6.87. The van der Waals surface area contributed by atoms with Crippen molar-refractivity contribution in [2.24, 2.45) is 0 Å². The van der Waals surface area contributed by atoms with E-state index in [4.69, 9.17) is 4.74 Å². The number of aromatic nitrogens is 4. The van der Waals surface area contributed by atoms with Crippen molar-refractivity contribution in [1.82, 2.24) is 19.6 Å². The molecule has 2 aromatic carbocycles. The third-order valence-electron chi connectivity index (χ3n) is 3.88. The largest absolute Gasteiger partial charge is 0.497 e. The molecule has 126 valence electrons. The summed E-state index contributed by atoms with van der Waals surface area (Å²) in [6, 6.07) is 17.0. The second kappa shape index (κ2) is 6.53. The van der Waals surface area contributed by atoms with Gasteiger partial charge in [0.2, 0.25) is 5.95 Å². The Labute approximate surface area is 149 Å². The van der Waals surface area contributed by atoms with Gasteiger partial charge in [0.1, 0.15) is 11.4 Å². The molecule has 2 aromatic heterocycles. The maximum absolute atomic E-state index is 9.36. The van der Waals surface area contributed by atoms with Crippen molar-refractivity contribution in [3.8, 4) is 23.1 Å². The smallest absolute Gasteiger partial charge is 0.247 e. The predicted octanol–water partition coefficient (Wildman–Crippen LogP) is 3.42. The van der Waals surface area contributed by atoms with Crippen LogP contribution in [0.3, 0.4) is 0 Å². The molecule has 4 rings (SSSR count). The molecular formula is C19H14N6O. The van der Waals surface area contributed by atoms with E-state index in [1.165, 1.54) is 0 Å². The maximum Gasteiger partial charge on any atom is 0.247 e. The molecule has 7 nitrogen and oxygen atoms in total. The van der Waals surface area contributed by atoms with Crippen molar-refractivity contribution >= 4 is 17.3 Å². The van der Waals surface area contributed by atoms with Crippen molar-refractivity contribution < 1.29 is 4.74 Å². The minimum atomic E-state index is 0.432. The van der Waals surface area contributed by atoms with Crippen molar-refractivity contribution in [1.29, 1.82) is 5.26 Å². The number of rotatable bonds is 4. The lowest BCUT2D eigenvalue weighted by Gasteiger charge is -2.04. The zero-order chi connectivity index (χ0) is 17.9. The van der Waals surface area contributed by atoms with Gasteiger partial charge in [0.05, 0.1) is 18.7 Å². The summed E-state index contributed by atoms with van der Waals surface area (Å²) >= 11 is 0. The van der Waals surface area contributed by atoms with Crippen LogP contribution < -0.4 is 10.1 Å². The Morgan fingerprint density at radius 1 is 1.15 bits per heavy atom. The summed E-state index contributed by atoms with van der Waals surface area (Å²) in [4.78, 5) is 8.95. The van der Waals surface area contributed by atoms with E-state index < -0.39 is 0 Å². The van der Waals surface area contributed by atoms with Gasteiger partial charge >= 0.3 is 0 Å². The molecule has 0 saturated carbocycles. The van der Waals surface area contributed by atoms with E-state index in [1.807, 2.05) is 42.5 Å². The Morgan fingerprint density at radius 2 is 2.04 bits per heavy atom. The number of anilines is 2. The molecule has 26 heavy (non-hydrogen) atoms. The molecular weight excluding hydrogens is 328 g/mol. The van der Waals surface area contributed by atoms with E-state index in [2.05, 4.69) is 26.5 Å². The Bertz CT molecular complexity index is 1130. The van der Waals surface area contributed by atoms with Crippen LogP contribution in [-0.2, 0) is 0 Å². The van der Waals surface area contributed by atoms with Crippen LogP contribution in [0.25, 0.3) is 16.9 Å². The van der Waals surface area contributed by atoms with Gasteiger partial charge in [0, 0.05) is 29.7 Å². The first-order valence-corrected chi connectivity index (χ1v) is 7.90. The normalized spacial score (nSPS) is 10.5. The molecule has 0 unspecified atom stereocenters. The Hall–Kier alpha value is -3.92. The van der Waals surface area contributed by atoms with Gasteiger partial charge in [-0.25, -0.2) is 4.52 Å². The molecule has 7 heteroatoms. The van der Waals surface area contributed by atoms with Gasteiger partial charge in [-0.15, -0.1) is 5.10 Å². The summed E-state index contributed by atoms with van der Waals surface area (Å²) in [6.45, 7) is 0. The third-order valence-corrected chi connectivity index (χ3v) is 3.88. The number of nitriles is 1. The Morgan fingerprint density at radius 3 is 2.88 bits per heavy atom. The number of benzene rings is 2. The summed E-state index contributed by atoms with van der Waals surface area (Å²) in [5.41, 5.74) is 3.25. The fourth-order valence-electron chi connectivity index (χ4n) is 2.68. The van der Waals surface area contributed by atoms with Crippen molar-refractivity contribution in [2.45, 2.75) is 0 Å². The van der Waals surface area contributed by atoms with Gasteiger partial charge in [-0.1, -0.05) is 24.3 Å². The SMILES string of the molecule is COc1cccc(Nc2nc3c(-c4ccccc4C#N)nccn3n2)c1. The molecule has 0 fully saturated rings. The average Bonchev–Trinajstić information content (AvgIpc) is 3.10. The predicted molar refractivity (Wildman–Crippen MR) is 97.2 cm³/mol. The van der Waals surface area contributed by atoms with Gasteiger partial charge in [0.15, 0.2) is 5.65 Å². The van der Waals surface area contributed by atoms with E-state index in [-0.39, 0.29) is 0 Å². The quantitative estimate of drug-likeness (QED) is 0.611. The van der Waals surface area contributed by atoms with Crippen LogP contribution in [0, 0.1) is 11.3 Å². The van der Waals surface area contributed by atoms with Crippen LogP contribution in [0.2, 0.25) is 0 Å². The Kier molecular flexibility index (Phi) is 3.92. The fraction of sp³-hybridized carbons (Fsp3) is 0.0526. The molecule has 0 amide bonds. The van der Waals surface area contributed by atoms with E-state index in [9.17, 15) is 5.26 Å². The molecule has 0 radical (unpaired) electrons. The highest BCUT2D eigenvalue weighted by atomic mass is 16.5. The maximum atomic E-state index is 9.36. The van der Waals surface area contributed by atoms with E-state index >= 15 is 0 Å². The van der Waals surface area contributed by atoms with Gasteiger partial charge in [-0.2, -0.15) is 10.2 Å². The molecule has 0 aliphatic heterocycles. The molecule has 0 atom stereocenters. The first kappa shape index (κ1) is 15.6. The van der Waals surface area contributed by atoms with Crippen LogP contribution >= 0.6 is 0 Å². The summed E-state index contributed by atoms with van der Waals surface area (Å²) in [5.74, 6) is 1.17. The number of nitrogens with zero attached hydrogens (tertiary/aromatic N) is 5. The first-order valence-electron chi connectivity index (χ1n) is 7.90. The lowest BCUT2D eigenvalue weighted by atomic mass is 10.1. The van der Waals surface area contributed by atoms with Crippen LogP contribution in [-0.4, -0.2) is 26.7 Å². The average molecular weight is 342 g/mol. The second-order valence-corrected chi connectivity index (χ2v) is 5.49. The van der Waals surface area contributed by atoms with Gasteiger partial charge in [0.25, 0.3) is 0 Å². The number of hydrogen-bond donors (Lipinski definition) is 1. The molecule has 0 saturated heterocycles. The van der Waals surface area contributed by atoms with E-state index in [1.54, 1.807) is 30.1 Å². The molecule has 2 heterocycles. The molecule has 0 bridgehead atoms. The standard InChI is InChI=1S/C19H14N6O/c1-26-15-7-4-6-14(11-15)22-19-23-18-17(21-9-10-25(18)24-19)16-8-3-2-5-13(16)12-20/h2-11H,1H3,(H,22,24). The Balaban J connectivity index is 1.77. The van der Waals surface area contributed by atoms with Gasteiger partial charge in [-0.05, 0) is 18.2 Å². The number of fused-ring (bicyclic) bond motifs is 1. The number of hydrogen-bond acceptors (Lipinski definition) is 6. The number of methoxy groups -OCH3 is 1. The van der Waals surface area contributed by atoms with Gasteiger partial charge in [-0.3, -0.25) is 4.98 Å². The van der Waals surface area contributed by atoms with Gasteiger partial charge < -0.3 is 10.1 Å². The summed E-state index contributed by atoms with van der Waals surface area (Å²) in [7, 11) is 1.62. The lowest BCUT2D eigenvalue weighted by molar-refractivity contribution is 0.415. The second-order valence-electron chi connectivity index (χ2n) is 5.49. The van der Waals surface area contributed by atoms with Crippen LogP contribution in [0.5, 0.6) is 5.75 Å². The zero-order valence-electron chi connectivity index (χ0n) is 13.9. The zero-order valence-corrected chi connectivity index (χ0v) is 13.9. The topological polar surface area (TPSA) is 88.1 Å². The highest BCUT2D eigenvalue weighted by Gasteiger charge is 2.14. The number of ether oxygens (including phenoxy) is 1. The highest BCUT2D eigenvalue weighted by Crippen LogP contribution is 2.26. The van der Waals surface area contributed by atoms with Crippen molar-refractivity contribution in [2.75, 3.05) is 12.4 Å². The fourth-order valence-corrected chi connectivity index (χ4v) is 2.68. The van der Waals surface area contributed by atoms with Crippen LogP contribution in [0.1, 0.15) is 5.56 Å².